The molecule has 2 bridgehead atoms. The highest BCUT2D eigenvalue weighted by Gasteiger charge is 2.56. The molecule has 2 aromatic heterocycles. The minimum absolute atomic E-state index is 0.571. The van der Waals surface area contributed by atoms with Gasteiger partial charge in [-0.2, -0.15) is 5.10 Å². The van der Waals surface area contributed by atoms with E-state index in [0.717, 1.165) is 23.6 Å². The van der Waals surface area contributed by atoms with Gasteiger partial charge in [0.15, 0.2) is 5.65 Å². The Balaban J connectivity index is 1.74. The van der Waals surface area contributed by atoms with Crippen molar-refractivity contribution in [1.29, 1.82) is 0 Å². The Morgan fingerprint density at radius 3 is 2.80 bits per heavy atom. The number of nitrogens with zero attached hydrogens (tertiary/aromatic N) is 4. The summed E-state index contributed by atoms with van der Waals surface area (Å²) in [7, 11) is 0. The van der Waals surface area contributed by atoms with Crippen LogP contribution in [0.2, 0.25) is 0 Å². The first-order valence-corrected chi connectivity index (χ1v) is 5.47. The predicted octanol–water partition coefficient (Wildman–Crippen LogP) is 1.63. The average Bonchev–Trinajstić information content (AvgIpc) is 2.53. The van der Waals surface area contributed by atoms with Gasteiger partial charge in [-0.25, -0.2) is 14.6 Å². The van der Waals surface area contributed by atoms with E-state index in [1.54, 1.807) is 12.4 Å². The normalized spacial score (nSPS) is 32.4. The Hall–Kier alpha value is -1.45. The largest absolute Gasteiger partial charge is 0.250 e. The van der Waals surface area contributed by atoms with Crippen LogP contribution in [0.15, 0.2) is 18.6 Å². The van der Waals surface area contributed by atoms with Crippen molar-refractivity contribution in [1.82, 2.24) is 19.7 Å². The van der Waals surface area contributed by atoms with E-state index < -0.39 is 0 Å². The first kappa shape index (κ1) is 7.79. The lowest BCUT2D eigenvalue weighted by molar-refractivity contribution is -0.119. The molecule has 0 amide bonds. The topological polar surface area (TPSA) is 43.6 Å². The van der Waals surface area contributed by atoms with E-state index >= 15 is 0 Å². The lowest BCUT2D eigenvalue weighted by atomic mass is 9.44. The van der Waals surface area contributed by atoms with Gasteiger partial charge < -0.3 is 0 Å². The van der Waals surface area contributed by atoms with Crippen LogP contribution < -0.4 is 0 Å². The van der Waals surface area contributed by atoms with Crippen LogP contribution in [-0.2, 0) is 6.54 Å². The van der Waals surface area contributed by atoms with E-state index in [1.807, 2.05) is 10.9 Å². The molecule has 0 radical (unpaired) electrons. The summed E-state index contributed by atoms with van der Waals surface area (Å²) in [5.41, 5.74) is 2.41. The molecule has 3 aliphatic carbocycles. The highest BCUT2D eigenvalue weighted by molar-refractivity contribution is 5.68. The summed E-state index contributed by atoms with van der Waals surface area (Å²) >= 11 is 0. The van der Waals surface area contributed by atoms with Gasteiger partial charge in [-0.05, 0) is 30.6 Å². The zero-order valence-electron chi connectivity index (χ0n) is 8.43. The maximum atomic E-state index is 4.38. The van der Waals surface area contributed by atoms with Gasteiger partial charge >= 0.3 is 0 Å². The van der Waals surface area contributed by atoms with Crippen molar-refractivity contribution in [2.75, 3.05) is 0 Å². The second kappa shape index (κ2) is 2.38. The quantitative estimate of drug-likeness (QED) is 0.740. The lowest BCUT2D eigenvalue weighted by Crippen LogP contribution is -2.54. The maximum Gasteiger partial charge on any atom is 0.176 e. The Kier molecular flexibility index (Phi) is 1.23. The van der Waals surface area contributed by atoms with Crippen molar-refractivity contribution in [3.05, 3.63) is 18.6 Å². The molecular weight excluding hydrogens is 188 g/mol. The van der Waals surface area contributed by atoms with E-state index in [2.05, 4.69) is 15.1 Å². The van der Waals surface area contributed by atoms with Crippen LogP contribution in [0.25, 0.3) is 11.2 Å². The van der Waals surface area contributed by atoms with Crippen LogP contribution in [0.3, 0.4) is 0 Å². The molecule has 0 spiro atoms. The third kappa shape index (κ3) is 0.940. The van der Waals surface area contributed by atoms with Gasteiger partial charge in [0, 0.05) is 18.9 Å². The molecule has 0 N–H and O–H groups in total. The molecule has 15 heavy (non-hydrogen) atoms. The summed E-state index contributed by atoms with van der Waals surface area (Å²) in [5, 5.41) is 4.38. The second-order valence-electron chi connectivity index (χ2n) is 5.05. The molecule has 0 unspecified atom stereocenters. The fourth-order valence-electron chi connectivity index (χ4n) is 3.10. The molecule has 3 aliphatic rings. The first-order chi connectivity index (χ1) is 7.35. The zero-order chi connectivity index (χ0) is 9.88. The SMILES string of the molecule is c1cnc2c(cnn2CC23CC(C2)C3)n1. The van der Waals surface area contributed by atoms with E-state index in [0.29, 0.717) is 5.41 Å². The molecule has 76 valence electrons. The van der Waals surface area contributed by atoms with Crippen molar-refractivity contribution in [3.63, 3.8) is 0 Å². The molecule has 0 aromatic carbocycles. The van der Waals surface area contributed by atoms with Gasteiger partial charge in [0.1, 0.15) is 5.52 Å². The van der Waals surface area contributed by atoms with Crippen LogP contribution in [0.1, 0.15) is 19.3 Å². The van der Waals surface area contributed by atoms with E-state index in [9.17, 15) is 0 Å². The van der Waals surface area contributed by atoms with E-state index in [4.69, 9.17) is 0 Å². The van der Waals surface area contributed by atoms with Crippen LogP contribution in [-0.4, -0.2) is 19.7 Å². The summed E-state index contributed by atoms with van der Waals surface area (Å²) < 4.78 is 2.03. The first-order valence-electron chi connectivity index (χ1n) is 5.47. The fourth-order valence-corrected chi connectivity index (χ4v) is 3.10. The molecule has 0 saturated heterocycles. The van der Waals surface area contributed by atoms with Crippen LogP contribution in [0.5, 0.6) is 0 Å². The average molecular weight is 200 g/mol. The van der Waals surface area contributed by atoms with Crippen LogP contribution >= 0.6 is 0 Å². The van der Waals surface area contributed by atoms with Gasteiger partial charge in [0.25, 0.3) is 0 Å². The summed E-state index contributed by atoms with van der Waals surface area (Å²) in [6.45, 7) is 1.03. The third-order valence-electron chi connectivity index (χ3n) is 3.92. The Bertz CT molecular complexity index is 513. The minimum Gasteiger partial charge on any atom is -0.250 e. The predicted molar refractivity (Wildman–Crippen MR) is 55.1 cm³/mol. The van der Waals surface area contributed by atoms with Crippen molar-refractivity contribution in [3.8, 4) is 0 Å². The second-order valence-corrected chi connectivity index (χ2v) is 5.05. The summed E-state index contributed by atoms with van der Waals surface area (Å²) in [4.78, 5) is 8.58. The number of rotatable bonds is 2. The molecule has 3 fully saturated rings. The van der Waals surface area contributed by atoms with Crippen molar-refractivity contribution in [2.24, 2.45) is 11.3 Å². The fraction of sp³-hybridized carbons (Fsp3) is 0.545. The molecule has 5 rings (SSSR count). The number of fused-ring (bicyclic) bond motifs is 1. The third-order valence-corrected chi connectivity index (χ3v) is 3.92. The summed E-state index contributed by atoms with van der Waals surface area (Å²) in [6.07, 6.45) is 9.46. The highest BCUT2D eigenvalue weighted by atomic mass is 15.3. The van der Waals surface area contributed by atoms with Crippen LogP contribution in [0, 0.1) is 11.3 Å². The molecule has 2 aromatic rings. The Morgan fingerprint density at radius 1 is 1.27 bits per heavy atom. The number of aromatic nitrogens is 4. The number of hydrogen-bond donors (Lipinski definition) is 0. The van der Waals surface area contributed by atoms with Crippen molar-refractivity contribution >= 4 is 11.2 Å². The van der Waals surface area contributed by atoms with E-state index in [1.165, 1.54) is 19.3 Å². The minimum atomic E-state index is 0.571. The monoisotopic (exact) mass is 200 g/mol. The van der Waals surface area contributed by atoms with E-state index in [-0.39, 0.29) is 0 Å². The Labute approximate surface area is 87.3 Å². The standard InChI is InChI=1S/C11H12N4/c1-2-13-10-9(12-1)6-14-15(10)7-11-3-8(4-11)5-11/h1-2,6,8H,3-5,7H2. The number of hydrogen-bond acceptors (Lipinski definition) is 3. The molecule has 0 aliphatic heterocycles. The molecule has 0 atom stereocenters. The lowest BCUT2D eigenvalue weighted by Gasteiger charge is -2.61. The zero-order valence-corrected chi connectivity index (χ0v) is 8.43. The van der Waals surface area contributed by atoms with Gasteiger partial charge in [-0.1, -0.05) is 0 Å². The smallest absolute Gasteiger partial charge is 0.176 e. The van der Waals surface area contributed by atoms with Gasteiger partial charge in [-0.15, -0.1) is 0 Å². The highest BCUT2D eigenvalue weighted by Crippen LogP contribution is 2.65. The van der Waals surface area contributed by atoms with Crippen molar-refractivity contribution in [2.45, 2.75) is 25.8 Å². The molecule has 3 saturated carbocycles. The molecule has 2 heterocycles. The maximum absolute atomic E-state index is 4.38. The summed E-state index contributed by atoms with van der Waals surface area (Å²) in [6, 6.07) is 0. The van der Waals surface area contributed by atoms with Crippen molar-refractivity contribution < 1.29 is 0 Å². The van der Waals surface area contributed by atoms with Crippen LogP contribution in [0.4, 0.5) is 0 Å². The van der Waals surface area contributed by atoms with Gasteiger partial charge in [0.05, 0.1) is 6.20 Å². The Morgan fingerprint density at radius 2 is 2.07 bits per heavy atom. The molecule has 4 heteroatoms. The van der Waals surface area contributed by atoms with Gasteiger partial charge in [0.2, 0.25) is 0 Å². The molecular formula is C11H12N4. The summed E-state index contributed by atoms with van der Waals surface area (Å²) in [5.74, 6) is 1.03. The van der Waals surface area contributed by atoms with Gasteiger partial charge in [-0.3, -0.25) is 0 Å². The molecule has 4 nitrogen and oxygen atoms in total.